The SMILES string of the molecule is Cc1cccc(-n2nnn(CN3CCN(CC(=O)NC(C)(C)C)CC3)c2=S)c1C. The van der Waals surface area contributed by atoms with Crippen LogP contribution in [0.2, 0.25) is 0 Å². The van der Waals surface area contributed by atoms with Crippen LogP contribution in [-0.4, -0.2) is 73.8 Å². The van der Waals surface area contributed by atoms with Crippen LogP contribution in [0.1, 0.15) is 31.9 Å². The molecule has 1 aliphatic rings. The Bertz CT molecular complexity index is 920. The largest absolute Gasteiger partial charge is 0.350 e. The maximum atomic E-state index is 12.1. The van der Waals surface area contributed by atoms with Crippen molar-refractivity contribution in [3.05, 3.63) is 34.1 Å². The first-order valence-corrected chi connectivity index (χ1v) is 10.4. The summed E-state index contributed by atoms with van der Waals surface area (Å²) in [4.78, 5) is 16.6. The summed E-state index contributed by atoms with van der Waals surface area (Å²) >= 11 is 5.62. The smallest absolute Gasteiger partial charge is 0.234 e. The van der Waals surface area contributed by atoms with Gasteiger partial charge in [-0.05, 0) is 74.5 Å². The van der Waals surface area contributed by atoms with Crippen molar-refractivity contribution in [1.82, 2.24) is 34.9 Å². The minimum absolute atomic E-state index is 0.0737. The van der Waals surface area contributed by atoms with Crippen molar-refractivity contribution in [3.63, 3.8) is 0 Å². The highest BCUT2D eigenvalue weighted by molar-refractivity contribution is 7.71. The fourth-order valence-corrected chi connectivity index (χ4v) is 3.65. The molecule has 0 unspecified atom stereocenters. The Hall–Kier alpha value is -2.10. The molecule has 0 radical (unpaired) electrons. The Morgan fingerprint density at radius 3 is 2.41 bits per heavy atom. The zero-order chi connectivity index (χ0) is 21.2. The van der Waals surface area contributed by atoms with Gasteiger partial charge >= 0.3 is 0 Å². The topological polar surface area (TPSA) is 71.2 Å². The first kappa shape index (κ1) is 21.6. The van der Waals surface area contributed by atoms with Gasteiger partial charge in [-0.2, -0.15) is 4.68 Å². The molecule has 1 saturated heterocycles. The van der Waals surface area contributed by atoms with E-state index in [4.69, 9.17) is 12.2 Å². The van der Waals surface area contributed by atoms with Crippen LogP contribution in [0, 0.1) is 18.6 Å². The van der Waals surface area contributed by atoms with E-state index in [-0.39, 0.29) is 11.4 Å². The lowest BCUT2D eigenvalue weighted by Gasteiger charge is -2.34. The second kappa shape index (κ2) is 8.73. The average Bonchev–Trinajstić information content (AvgIpc) is 2.98. The van der Waals surface area contributed by atoms with Crippen molar-refractivity contribution in [1.29, 1.82) is 0 Å². The van der Waals surface area contributed by atoms with Gasteiger partial charge in [0.25, 0.3) is 0 Å². The number of carbonyl (C=O) groups is 1. The van der Waals surface area contributed by atoms with Gasteiger partial charge in [-0.15, -0.1) is 0 Å². The zero-order valence-electron chi connectivity index (χ0n) is 18.0. The lowest BCUT2D eigenvalue weighted by Crippen LogP contribution is -2.51. The molecule has 1 aromatic heterocycles. The number of rotatable bonds is 5. The number of hydrogen-bond donors (Lipinski definition) is 1. The van der Waals surface area contributed by atoms with E-state index in [1.807, 2.05) is 32.9 Å². The molecule has 2 aromatic rings. The second-order valence-electron chi connectivity index (χ2n) is 8.73. The molecule has 1 amide bonds. The highest BCUT2D eigenvalue weighted by Crippen LogP contribution is 2.17. The minimum atomic E-state index is -0.198. The van der Waals surface area contributed by atoms with E-state index in [0.717, 1.165) is 37.4 Å². The summed E-state index contributed by atoms with van der Waals surface area (Å²) in [5.41, 5.74) is 3.12. The minimum Gasteiger partial charge on any atom is -0.350 e. The molecule has 8 nitrogen and oxygen atoms in total. The maximum absolute atomic E-state index is 12.1. The van der Waals surface area contributed by atoms with E-state index < -0.39 is 0 Å². The van der Waals surface area contributed by atoms with Gasteiger partial charge < -0.3 is 5.32 Å². The van der Waals surface area contributed by atoms with E-state index in [0.29, 0.717) is 18.0 Å². The number of carbonyl (C=O) groups excluding carboxylic acids is 1. The van der Waals surface area contributed by atoms with Crippen molar-refractivity contribution in [2.45, 2.75) is 46.8 Å². The molecular formula is C20H31N7OS. The summed E-state index contributed by atoms with van der Waals surface area (Å²) < 4.78 is 4.08. The fraction of sp³-hybridized carbons (Fsp3) is 0.600. The normalized spacial score (nSPS) is 16.2. The van der Waals surface area contributed by atoms with E-state index in [1.54, 1.807) is 9.36 Å². The fourth-order valence-electron chi connectivity index (χ4n) is 3.42. The van der Waals surface area contributed by atoms with Gasteiger partial charge in [0.1, 0.15) is 0 Å². The summed E-state index contributed by atoms with van der Waals surface area (Å²) in [6, 6.07) is 6.10. The number of aryl methyl sites for hydroxylation is 1. The summed E-state index contributed by atoms with van der Waals surface area (Å²) in [5.74, 6) is 0.0737. The van der Waals surface area contributed by atoms with Gasteiger partial charge in [0.05, 0.1) is 18.9 Å². The third-order valence-corrected chi connectivity index (χ3v) is 5.51. The van der Waals surface area contributed by atoms with Crippen LogP contribution in [0.15, 0.2) is 18.2 Å². The van der Waals surface area contributed by atoms with Crippen LogP contribution >= 0.6 is 12.2 Å². The molecule has 1 aliphatic heterocycles. The van der Waals surface area contributed by atoms with E-state index in [1.165, 1.54) is 5.56 Å². The lowest BCUT2D eigenvalue weighted by atomic mass is 10.1. The molecule has 0 atom stereocenters. The molecule has 1 N–H and O–H groups in total. The Balaban J connectivity index is 1.58. The highest BCUT2D eigenvalue weighted by atomic mass is 32.1. The van der Waals surface area contributed by atoms with Gasteiger partial charge in [0.15, 0.2) is 0 Å². The summed E-state index contributed by atoms with van der Waals surface area (Å²) in [6.07, 6.45) is 0. The molecule has 158 valence electrons. The third-order valence-electron chi connectivity index (χ3n) is 5.12. The van der Waals surface area contributed by atoms with Crippen LogP contribution in [-0.2, 0) is 11.5 Å². The molecule has 1 aromatic carbocycles. The quantitative estimate of drug-likeness (QED) is 0.750. The molecule has 0 saturated carbocycles. The number of nitrogens with one attached hydrogen (secondary N) is 1. The van der Waals surface area contributed by atoms with Crippen molar-refractivity contribution in [2.24, 2.45) is 0 Å². The third kappa shape index (κ3) is 5.49. The number of tetrazole rings is 1. The Kier molecular flexibility index (Phi) is 6.50. The summed E-state index contributed by atoms with van der Waals surface area (Å²) in [5, 5.41) is 11.6. The first-order valence-electron chi connectivity index (χ1n) is 9.99. The number of piperazine rings is 1. The molecule has 3 rings (SSSR count). The highest BCUT2D eigenvalue weighted by Gasteiger charge is 2.22. The Labute approximate surface area is 177 Å². The predicted octanol–water partition coefficient (Wildman–Crippen LogP) is 1.90. The Morgan fingerprint density at radius 2 is 1.76 bits per heavy atom. The summed E-state index contributed by atoms with van der Waals surface area (Å²) in [6.45, 7) is 14.6. The number of benzene rings is 1. The van der Waals surface area contributed by atoms with Crippen molar-refractivity contribution < 1.29 is 4.79 Å². The van der Waals surface area contributed by atoms with Gasteiger partial charge in [-0.3, -0.25) is 14.6 Å². The van der Waals surface area contributed by atoms with Crippen molar-refractivity contribution >= 4 is 18.1 Å². The van der Waals surface area contributed by atoms with E-state index >= 15 is 0 Å². The van der Waals surface area contributed by atoms with Gasteiger partial charge in [-0.25, -0.2) is 4.68 Å². The van der Waals surface area contributed by atoms with Crippen molar-refractivity contribution in [3.8, 4) is 5.69 Å². The average molecular weight is 418 g/mol. The Morgan fingerprint density at radius 1 is 1.10 bits per heavy atom. The number of aromatic nitrogens is 4. The van der Waals surface area contributed by atoms with Crippen molar-refractivity contribution in [2.75, 3.05) is 32.7 Å². The maximum Gasteiger partial charge on any atom is 0.234 e. The molecule has 0 aliphatic carbocycles. The monoisotopic (exact) mass is 417 g/mol. The number of hydrogen-bond acceptors (Lipinski definition) is 6. The van der Waals surface area contributed by atoms with Gasteiger partial charge in [0, 0.05) is 31.7 Å². The standard InChI is InChI=1S/C20H31N7OS/c1-15-7-6-8-17(16(15)2)27-19(29)26(22-23-27)14-25-11-9-24(10-12-25)13-18(28)21-20(3,4)5/h6-8H,9-14H2,1-5H3,(H,21,28). The number of nitrogens with zero attached hydrogens (tertiary/aromatic N) is 6. The van der Waals surface area contributed by atoms with Gasteiger partial charge in [-0.1, -0.05) is 12.1 Å². The molecule has 29 heavy (non-hydrogen) atoms. The van der Waals surface area contributed by atoms with Crippen LogP contribution in [0.25, 0.3) is 5.69 Å². The zero-order valence-corrected chi connectivity index (χ0v) is 18.8. The molecular weight excluding hydrogens is 386 g/mol. The lowest BCUT2D eigenvalue weighted by molar-refractivity contribution is -0.124. The van der Waals surface area contributed by atoms with Crippen LogP contribution in [0.3, 0.4) is 0 Å². The number of amides is 1. The van der Waals surface area contributed by atoms with Crippen LogP contribution in [0.5, 0.6) is 0 Å². The van der Waals surface area contributed by atoms with Crippen LogP contribution in [0.4, 0.5) is 0 Å². The second-order valence-corrected chi connectivity index (χ2v) is 9.09. The molecule has 2 heterocycles. The van der Waals surface area contributed by atoms with E-state index in [9.17, 15) is 4.79 Å². The summed E-state index contributed by atoms with van der Waals surface area (Å²) in [7, 11) is 0. The molecule has 9 heteroatoms. The van der Waals surface area contributed by atoms with Gasteiger partial charge in [0.2, 0.25) is 10.7 Å². The molecule has 0 bridgehead atoms. The van der Waals surface area contributed by atoms with Crippen LogP contribution < -0.4 is 5.32 Å². The molecule has 0 spiro atoms. The predicted molar refractivity (Wildman–Crippen MR) is 116 cm³/mol. The molecule has 1 fully saturated rings. The van der Waals surface area contributed by atoms with E-state index in [2.05, 4.69) is 45.5 Å². The first-order chi connectivity index (χ1) is 13.6.